The van der Waals surface area contributed by atoms with Gasteiger partial charge >= 0.3 is 5.97 Å². The van der Waals surface area contributed by atoms with Crippen LogP contribution in [0.15, 0.2) is 78.9 Å². The van der Waals surface area contributed by atoms with E-state index in [1.165, 1.54) is 6.92 Å². The summed E-state index contributed by atoms with van der Waals surface area (Å²) in [5.74, 6) is 0.738. The Kier molecular flexibility index (Phi) is 7.05. The number of amides is 1. The fourth-order valence-electron chi connectivity index (χ4n) is 2.67. The number of hydrogen-bond donors (Lipinski definition) is 1. The first-order valence-electron chi connectivity index (χ1n) is 9.63. The third-order valence-corrected chi connectivity index (χ3v) is 4.16. The highest BCUT2D eigenvalue weighted by Crippen LogP contribution is 2.23. The van der Waals surface area contributed by atoms with E-state index in [1.807, 2.05) is 37.3 Å². The first-order valence-corrected chi connectivity index (χ1v) is 9.63. The van der Waals surface area contributed by atoms with E-state index in [4.69, 9.17) is 14.2 Å². The summed E-state index contributed by atoms with van der Waals surface area (Å²) >= 11 is 0. The highest BCUT2D eigenvalue weighted by atomic mass is 16.5. The van der Waals surface area contributed by atoms with E-state index in [1.54, 1.807) is 48.5 Å². The number of carbonyl (C=O) groups excluding carboxylic acids is 2. The molecule has 0 unspecified atom stereocenters. The van der Waals surface area contributed by atoms with Crippen LogP contribution in [0.25, 0.3) is 0 Å². The summed E-state index contributed by atoms with van der Waals surface area (Å²) in [6.45, 7) is 3.77. The molecular formula is C24H23NO5. The van der Waals surface area contributed by atoms with E-state index in [-0.39, 0.29) is 5.56 Å². The molecule has 1 atom stereocenters. The molecule has 30 heavy (non-hydrogen) atoms. The van der Waals surface area contributed by atoms with Crippen LogP contribution in [0.1, 0.15) is 24.2 Å². The van der Waals surface area contributed by atoms with Gasteiger partial charge in [-0.15, -0.1) is 0 Å². The first kappa shape index (κ1) is 20.9. The van der Waals surface area contributed by atoms with Crippen LogP contribution in [0, 0.1) is 0 Å². The van der Waals surface area contributed by atoms with Crippen molar-refractivity contribution in [2.75, 3.05) is 11.9 Å². The van der Waals surface area contributed by atoms with Gasteiger partial charge in [0.1, 0.15) is 22.8 Å². The number of esters is 1. The summed E-state index contributed by atoms with van der Waals surface area (Å²) in [6.07, 6.45) is -0.979. The molecule has 0 heterocycles. The molecule has 0 aliphatic carbocycles. The van der Waals surface area contributed by atoms with Crippen LogP contribution in [-0.4, -0.2) is 24.6 Å². The van der Waals surface area contributed by atoms with Crippen molar-refractivity contribution in [3.05, 3.63) is 84.4 Å². The number of rotatable bonds is 8. The Balaban J connectivity index is 1.57. The lowest BCUT2D eigenvalue weighted by Gasteiger charge is -2.15. The molecule has 0 aliphatic rings. The molecule has 154 valence electrons. The van der Waals surface area contributed by atoms with Crippen molar-refractivity contribution in [2.24, 2.45) is 0 Å². The van der Waals surface area contributed by atoms with Gasteiger partial charge in [-0.3, -0.25) is 4.79 Å². The van der Waals surface area contributed by atoms with Crippen molar-refractivity contribution in [3.8, 4) is 17.2 Å². The average molecular weight is 405 g/mol. The Hall–Kier alpha value is -3.80. The third kappa shape index (κ3) is 5.61. The van der Waals surface area contributed by atoms with Gasteiger partial charge in [0.2, 0.25) is 0 Å². The molecule has 3 aromatic carbocycles. The van der Waals surface area contributed by atoms with Crippen molar-refractivity contribution in [2.45, 2.75) is 20.0 Å². The fraction of sp³-hybridized carbons (Fsp3) is 0.167. The summed E-state index contributed by atoms with van der Waals surface area (Å²) < 4.78 is 16.5. The van der Waals surface area contributed by atoms with Crippen molar-refractivity contribution in [3.63, 3.8) is 0 Å². The quantitative estimate of drug-likeness (QED) is 0.530. The molecule has 0 saturated carbocycles. The van der Waals surface area contributed by atoms with Crippen LogP contribution >= 0.6 is 0 Å². The van der Waals surface area contributed by atoms with E-state index in [9.17, 15) is 9.59 Å². The normalized spacial score (nSPS) is 11.3. The molecule has 1 N–H and O–H groups in total. The fourth-order valence-corrected chi connectivity index (χ4v) is 2.67. The third-order valence-electron chi connectivity index (χ3n) is 4.16. The summed E-state index contributed by atoms with van der Waals surface area (Å²) in [7, 11) is 0. The maximum absolute atomic E-state index is 12.4. The zero-order valence-corrected chi connectivity index (χ0v) is 16.8. The Bertz CT molecular complexity index is 986. The second-order valence-electron chi connectivity index (χ2n) is 6.41. The standard InChI is InChI=1S/C24H23NO5/c1-3-28-22-12-8-7-11-21(22)24(27)29-17(2)23(26)25-18-13-15-20(16-14-18)30-19-9-5-4-6-10-19/h4-17H,3H2,1-2H3,(H,25,26)/t17-/m1/s1. The van der Waals surface area contributed by atoms with E-state index < -0.39 is 18.0 Å². The molecule has 0 fully saturated rings. The van der Waals surface area contributed by atoms with Crippen LogP contribution in [0.5, 0.6) is 17.2 Å². The molecule has 0 bridgehead atoms. The Morgan fingerprint density at radius 2 is 1.50 bits per heavy atom. The number of nitrogens with one attached hydrogen (secondary N) is 1. The number of anilines is 1. The molecule has 3 rings (SSSR count). The molecule has 6 heteroatoms. The van der Waals surface area contributed by atoms with Crippen LogP contribution in [0.3, 0.4) is 0 Å². The van der Waals surface area contributed by atoms with Gasteiger partial charge in [-0.25, -0.2) is 4.79 Å². The summed E-state index contributed by atoms with van der Waals surface area (Å²) in [6, 6.07) is 23.1. The van der Waals surface area contributed by atoms with Gasteiger partial charge < -0.3 is 19.5 Å². The number of benzene rings is 3. The SMILES string of the molecule is CCOc1ccccc1C(=O)O[C@H](C)C(=O)Nc1ccc(Oc2ccccc2)cc1. The van der Waals surface area contributed by atoms with Gasteiger partial charge in [0.25, 0.3) is 5.91 Å². The molecule has 0 aliphatic heterocycles. The summed E-state index contributed by atoms with van der Waals surface area (Å²) in [5.41, 5.74) is 0.847. The van der Waals surface area contributed by atoms with E-state index in [2.05, 4.69) is 5.32 Å². The predicted molar refractivity (Wildman–Crippen MR) is 114 cm³/mol. The molecule has 0 radical (unpaired) electrons. The van der Waals surface area contributed by atoms with Crippen LogP contribution < -0.4 is 14.8 Å². The average Bonchev–Trinajstić information content (AvgIpc) is 2.76. The number of hydrogen-bond acceptors (Lipinski definition) is 5. The number of para-hydroxylation sites is 2. The second-order valence-corrected chi connectivity index (χ2v) is 6.41. The minimum atomic E-state index is -0.979. The Morgan fingerprint density at radius 3 is 2.20 bits per heavy atom. The lowest BCUT2D eigenvalue weighted by Crippen LogP contribution is -2.30. The zero-order chi connectivity index (χ0) is 21.3. The van der Waals surface area contributed by atoms with Crippen molar-refractivity contribution in [1.29, 1.82) is 0 Å². The van der Waals surface area contributed by atoms with Crippen LogP contribution in [0.2, 0.25) is 0 Å². The van der Waals surface area contributed by atoms with Gasteiger partial charge in [-0.1, -0.05) is 30.3 Å². The van der Waals surface area contributed by atoms with Crippen LogP contribution in [0.4, 0.5) is 5.69 Å². The molecule has 0 spiro atoms. The summed E-state index contributed by atoms with van der Waals surface area (Å²) in [4.78, 5) is 24.8. The maximum Gasteiger partial charge on any atom is 0.342 e. The van der Waals surface area contributed by atoms with Gasteiger partial charge in [0.15, 0.2) is 6.10 Å². The minimum absolute atomic E-state index is 0.279. The Morgan fingerprint density at radius 1 is 0.867 bits per heavy atom. The molecule has 0 aromatic heterocycles. The predicted octanol–water partition coefficient (Wildman–Crippen LogP) is 5.06. The summed E-state index contributed by atoms with van der Waals surface area (Å²) in [5, 5.41) is 2.73. The zero-order valence-electron chi connectivity index (χ0n) is 16.8. The Labute approximate surface area is 175 Å². The number of ether oxygens (including phenoxy) is 3. The second kappa shape index (κ2) is 10.1. The first-order chi connectivity index (χ1) is 14.6. The van der Waals surface area contributed by atoms with Gasteiger partial charge in [-0.05, 0) is 62.4 Å². The van der Waals surface area contributed by atoms with Crippen molar-refractivity contribution in [1.82, 2.24) is 0 Å². The molecular weight excluding hydrogens is 382 g/mol. The minimum Gasteiger partial charge on any atom is -0.493 e. The van der Waals surface area contributed by atoms with Gasteiger partial charge in [0, 0.05) is 5.69 Å². The lowest BCUT2D eigenvalue weighted by atomic mass is 10.2. The van der Waals surface area contributed by atoms with Crippen molar-refractivity contribution >= 4 is 17.6 Å². The highest BCUT2D eigenvalue weighted by molar-refractivity contribution is 5.98. The van der Waals surface area contributed by atoms with Crippen LogP contribution in [-0.2, 0) is 9.53 Å². The largest absolute Gasteiger partial charge is 0.493 e. The number of carbonyl (C=O) groups is 2. The smallest absolute Gasteiger partial charge is 0.342 e. The molecule has 0 saturated heterocycles. The topological polar surface area (TPSA) is 73.9 Å². The monoisotopic (exact) mass is 405 g/mol. The highest BCUT2D eigenvalue weighted by Gasteiger charge is 2.21. The van der Waals surface area contributed by atoms with E-state index in [0.29, 0.717) is 23.8 Å². The lowest BCUT2D eigenvalue weighted by molar-refractivity contribution is -0.123. The maximum atomic E-state index is 12.4. The van der Waals surface area contributed by atoms with Gasteiger partial charge in [-0.2, -0.15) is 0 Å². The van der Waals surface area contributed by atoms with E-state index in [0.717, 1.165) is 5.75 Å². The van der Waals surface area contributed by atoms with Crippen molar-refractivity contribution < 1.29 is 23.8 Å². The molecule has 3 aromatic rings. The van der Waals surface area contributed by atoms with Gasteiger partial charge in [0.05, 0.1) is 6.61 Å². The van der Waals surface area contributed by atoms with E-state index >= 15 is 0 Å². The molecule has 1 amide bonds. The molecule has 6 nitrogen and oxygen atoms in total.